The number of likely N-dealkylation sites (tertiary alicyclic amines) is 1. The largest absolute Gasteiger partial charge is 0.383 e. The molecular formula is C27H39N5O2S. The van der Waals surface area contributed by atoms with Crippen molar-refractivity contribution in [1.29, 1.82) is 0 Å². The average Bonchev–Trinajstić information content (AvgIpc) is 3.49. The Hall–Kier alpha value is -2.03. The number of nitrogens with two attached hydrogens (primary N) is 1. The Kier molecular flexibility index (Phi) is 8.00. The quantitative estimate of drug-likeness (QED) is 0.484. The molecule has 35 heavy (non-hydrogen) atoms. The predicted molar refractivity (Wildman–Crippen MR) is 145 cm³/mol. The highest BCUT2D eigenvalue weighted by Gasteiger charge is 2.24. The summed E-state index contributed by atoms with van der Waals surface area (Å²) < 4.78 is 5.51. The smallest absolute Gasteiger partial charge is 0.217 e. The molecule has 4 heterocycles. The number of aryl methyl sites for hydroxylation is 1. The van der Waals surface area contributed by atoms with Gasteiger partial charge in [-0.15, -0.1) is 11.8 Å². The number of aliphatic imine (C=N–C) groups is 1. The number of nitrogens with one attached hydrogen (secondary N) is 2. The lowest BCUT2D eigenvalue weighted by Crippen LogP contribution is -2.36. The topological polar surface area (TPSA) is 95.7 Å². The van der Waals surface area contributed by atoms with E-state index in [4.69, 9.17) is 15.5 Å². The Labute approximate surface area is 212 Å². The van der Waals surface area contributed by atoms with Gasteiger partial charge in [0.15, 0.2) is 0 Å². The summed E-state index contributed by atoms with van der Waals surface area (Å²) in [6, 6.07) is 7.15. The number of hydrogen-bond acceptors (Lipinski definition) is 6. The molecule has 5 rings (SSSR count). The standard InChI is InChI=1S/C27H39N5O2S/c1-18-12-21-15-24(31-26(21)23(13-18)29-16-20-5-10-34-11-6-20)27-30-22(17-35-27)4-9-32-7-2-19(3-8-32)14-25(28)33/h12-13,15,19-20,22,29,31H,2-11,14,16-17H2,1H3,(H2,28,33)/t22-/m0/s1. The van der Waals surface area contributed by atoms with Gasteiger partial charge in [0.2, 0.25) is 5.91 Å². The number of primary amides is 1. The minimum absolute atomic E-state index is 0.164. The van der Waals surface area contributed by atoms with Gasteiger partial charge in [-0.2, -0.15) is 0 Å². The molecule has 2 fully saturated rings. The van der Waals surface area contributed by atoms with Gasteiger partial charge in [-0.3, -0.25) is 9.79 Å². The van der Waals surface area contributed by atoms with Crippen molar-refractivity contribution in [2.75, 3.05) is 50.5 Å². The number of aromatic amines is 1. The first-order chi connectivity index (χ1) is 17.0. The molecule has 0 unspecified atom stereocenters. The fourth-order valence-electron chi connectivity index (χ4n) is 5.59. The number of amides is 1. The Morgan fingerprint density at radius 2 is 2.00 bits per heavy atom. The third-order valence-corrected chi connectivity index (χ3v) is 8.86. The van der Waals surface area contributed by atoms with E-state index in [1.54, 1.807) is 0 Å². The molecule has 0 saturated carbocycles. The van der Waals surface area contributed by atoms with Crippen LogP contribution in [-0.4, -0.2) is 72.0 Å². The average molecular weight is 498 g/mol. The van der Waals surface area contributed by atoms with E-state index in [0.717, 1.165) is 88.0 Å². The van der Waals surface area contributed by atoms with Crippen molar-refractivity contribution in [3.05, 3.63) is 29.5 Å². The first kappa shape index (κ1) is 24.7. The summed E-state index contributed by atoms with van der Waals surface area (Å²) in [6.07, 6.45) is 6.06. The lowest BCUT2D eigenvalue weighted by Gasteiger charge is -2.31. The van der Waals surface area contributed by atoms with Crippen LogP contribution in [0.3, 0.4) is 0 Å². The summed E-state index contributed by atoms with van der Waals surface area (Å²) >= 11 is 1.87. The van der Waals surface area contributed by atoms with Crippen LogP contribution in [0, 0.1) is 18.8 Å². The minimum Gasteiger partial charge on any atom is -0.383 e. The molecule has 4 N–H and O–H groups in total. The third kappa shape index (κ3) is 6.40. The van der Waals surface area contributed by atoms with Crippen LogP contribution in [0.4, 0.5) is 5.69 Å². The van der Waals surface area contributed by atoms with Gasteiger partial charge in [0, 0.05) is 43.9 Å². The molecule has 1 atom stereocenters. The van der Waals surface area contributed by atoms with Crippen molar-refractivity contribution in [2.24, 2.45) is 22.6 Å². The fourth-order valence-corrected chi connectivity index (χ4v) is 6.67. The van der Waals surface area contributed by atoms with Crippen molar-refractivity contribution >= 4 is 39.3 Å². The first-order valence-corrected chi connectivity index (χ1v) is 14.2. The molecule has 3 aliphatic heterocycles. The molecular weight excluding hydrogens is 458 g/mol. The molecule has 0 radical (unpaired) electrons. The van der Waals surface area contributed by atoms with Crippen LogP contribution in [0.2, 0.25) is 0 Å². The predicted octanol–water partition coefficient (Wildman–Crippen LogP) is 4.15. The maximum atomic E-state index is 11.2. The molecule has 0 bridgehead atoms. The molecule has 3 aliphatic rings. The number of H-pyrrole nitrogens is 1. The molecule has 1 aromatic carbocycles. The number of aromatic nitrogens is 1. The summed E-state index contributed by atoms with van der Waals surface area (Å²) in [6.45, 7) is 8.15. The molecule has 190 valence electrons. The third-order valence-electron chi connectivity index (χ3n) is 7.71. The SMILES string of the molecule is Cc1cc(NCC2CCOCC2)c2[nH]c(C3=N[C@@H](CCN4CCC(CC(N)=O)CC4)CS3)cc2c1. The minimum atomic E-state index is -0.164. The van der Waals surface area contributed by atoms with Crippen LogP contribution in [-0.2, 0) is 9.53 Å². The second-order valence-electron chi connectivity index (χ2n) is 10.5. The van der Waals surface area contributed by atoms with Crippen molar-refractivity contribution < 1.29 is 9.53 Å². The summed E-state index contributed by atoms with van der Waals surface area (Å²) in [5.41, 5.74) is 10.2. The van der Waals surface area contributed by atoms with Crippen LogP contribution in [0.1, 0.15) is 49.8 Å². The molecule has 7 nitrogen and oxygen atoms in total. The van der Waals surface area contributed by atoms with Crippen molar-refractivity contribution in [3.63, 3.8) is 0 Å². The van der Waals surface area contributed by atoms with Gasteiger partial charge in [-0.1, -0.05) is 0 Å². The van der Waals surface area contributed by atoms with Crippen LogP contribution in [0.25, 0.3) is 10.9 Å². The summed E-state index contributed by atoms with van der Waals surface area (Å²) in [5.74, 6) is 2.04. The van der Waals surface area contributed by atoms with E-state index in [-0.39, 0.29) is 5.91 Å². The Balaban J connectivity index is 1.18. The number of carbonyl (C=O) groups is 1. The number of rotatable bonds is 9. The maximum Gasteiger partial charge on any atom is 0.217 e. The van der Waals surface area contributed by atoms with E-state index in [1.807, 2.05) is 11.8 Å². The van der Waals surface area contributed by atoms with Gasteiger partial charge in [0.1, 0.15) is 5.04 Å². The summed E-state index contributed by atoms with van der Waals surface area (Å²) in [4.78, 5) is 22.5. The zero-order valence-electron chi connectivity index (χ0n) is 20.9. The zero-order chi connectivity index (χ0) is 24.2. The van der Waals surface area contributed by atoms with E-state index in [0.29, 0.717) is 24.3 Å². The molecule has 1 aromatic heterocycles. The van der Waals surface area contributed by atoms with Crippen LogP contribution < -0.4 is 11.1 Å². The van der Waals surface area contributed by atoms with E-state index in [9.17, 15) is 4.79 Å². The Morgan fingerprint density at radius 1 is 1.20 bits per heavy atom. The van der Waals surface area contributed by atoms with Gasteiger partial charge in [-0.25, -0.2) is 0 Å². The lowest BCUT2D eigenvalue weighted by atomic mass is 9.93. The van der Waals surface area contributed by atoms with Crippen molar-refractivity contribution in [2.45, 2.75) is 51.5 Å². The van der Waals surface area contributed by atoms with Gasteiger partial charge in [0.25, 0.3) is 0 Å². The van der Waals surface area contributed by atoms with Crippen molar-refractivity contribution in [1.82, 2.24) is 9.88 Å². The number of thioether (sulfide) groups is 1. The van der Waals surface area contributed by atoms with E-state index < -0.39 is 0 Å². The van der Waals surface area contributed by atoms with E-state index in [2.05, 4.69) is 40.3 Å². The number of fused-ring (bicyclic) bond motifs is 1. The number of ether oxygens (including phenoxy) is 1. The molecule has 2 saturated heterocycles. The highest BCUT2D eigenvalue weighted by atomic mass is 32.2. The van der Waals surface area contributed by atoms with Crippen LogP contribution in [0.5, 0.6) is 0 Å². The number of anilines is 1. The van der Waals surface area contributed by atoms with Crippen LogP contribution in [0.15, 0.2) is 23.2 Å². The van der Waals surface area contributed by atoms with Crippen LogP contribution >= 0.6 is 11.8 Å². The van der Waals surface area contributed by atoms with Gasteiger partial charge < -0.3 is 25.7 Å². The molecule has 0 aliphatic carbocycles. The molecule has 1 amide bonds. The normalized spacial score (nSPS) is 22.5. The lowest BCUT2D eigenvalue weighted by molar-refractivity contribution is -0.119. The van der Waals surface area contributed by atoms with Gasteiger partial charge >= 0.3 is 0 Å². The monoisotopic (exact) mass is 497 g/mol. The Morgan fingerprint density at radius 3 is 2.77 bits per heavy atom. The highest BCUT2D eigenvalue weighted by Crippen LogP contribution is 2.31. The van der Waals surface area contributed by atoms with E-state index in [1.165, 1.54) is 22.2 Å². The number of benzene rings is 1. The fraction of sp³-hybridized carbons (Fsp3) is 0.630. The second kappa shape index (κ2) is 11.4. The number of nitrogens with zero attached hydrogens (tertiary/aromatic N) is 2. The maximum absolute atomic E-state index is 11.2. The van der Waals surface area contributed by atoms with E-state index >= 15 is 0 Å². The first-order valence-electron chi connectivity index (χ1n) is 13.2. The molecule has 8 heteroatoms. The summed E-state index contributed by atoms with van der Waals surface area (Å²) in [5, 5.41) is 6.10. The second-order valence-corrected chi connectivity index (χ2v) is 11.5. The van der Waals surface area contributed by atoms with Gasteiger partial charge in [-0.05, 0) is 87.7 Å². The number of piperidine rings is 1. The molecule has 0 spiro atoms. The Bertz CT molecular complexity index is 1050. The number of carbonyl (C=O) groups excluding carboxylic acids is 1. The zero-order valence-corrected chi connectivity index (χ0v) is 21.7. The number of hydrogen-bond donors (Lipinski definition) is 3. The van der Waals surface area contributed by atoms with Gasteiger partial charge in [0.05, 0.1) is 22.9 Å². The summed E-state index contributed by atoms with van der Waals surface area (Å²) in [7, 11) is 0. The van der Waals surface area contributed by atoms with Crippen molar-refractivity contribution in [3.8, 4) is 0 Å². The molecule has 2 aromatic rings. The highest BCUT2D eigenvalue weighted by molar-refractivity contribution is 8.14.